The van der Waals surface area contributed by atoms with E-state index in [0.717, 1.165) is 11.3 Å². The highest BCUT2D eigenvalue weighted by atomic mass is 32.1. The standard InChI is InChI=1S/C14H11F2NO3S/c1-2-7-3-4-12(21-7)13(18)17-11-6-10(16)9(15)5-8(11)14(19)20/h3-6H,2H2,1H3,(H,17,18)(H,19,20). The third kappa shape index (κ3) is 3.25. The molecule has 0 saturated heterocycles. The second kappa shape index (κ2) is 6.01. The number of carbonyl (C=O) groups excluding carboxylic acids is 1. The molecule has 2 aromatic rings. The fraction of sp³-hybridized carbons (Fsp3) is 0.143. The normalized spacial score (nSPS) is 10.4. The third-order valence-electron chi connectivity index (χ3n) is 2.77. The summed E-state index contributed by atoms with van der Waals surface area (Å²) < 4.78 is 26.3. The maximum absolute atomic E-state index is 13.2. The monoisotopic (exact) mass is 311 g/mol. The van der Waals surface area contributed by atoms with Gasteiger partial charge in [0.15, 0.2) is 11.6 Å². The minimum atomic E-state index is -1.45. The van der Waals surface area contributed by atoms with Gasteiger partial charge in [-0.3, -0.25) is 4.79 Å². The molecule has 0 fully saturated rings. The summed E-state index contributed by atoms with van der Waals surface area (Å²) in [6.45, 7) is 1.94. The Kier molecular flexibility index (Phi) is 4.32. The largest absolute Gasteiger partial charge is 0.478 e. The Morgan fingerprint density at radius 3 is 2.48 bits per heavy atom. The molecule has 0 aliphatic carbocycles. The number of carbonyl (C=O) groups is 2. The van der Waals surface area contributed by atoms with Crippen LogP contribution in [0.3, 0.4) is 0 Å². The molecule has 0 spiro atoms. The molecule has 0 radical (unpaired) electrons. The number of rotatable bonds is 4. The number of amides is 1. The highest BCUT2D eigenvalue weighted by Crippen LogP contribution is 2.23. The number of halogens is 2. The molecule has 1 aromatic heterocycles. The number of aromatic carboxylic acids is 1. The average Bonchev–Trinajstić information content (AvgIpc) is 2.91. The number of benzene rings is 1. The number of carboxylic acid groups (broad SMARTS) is 1. The topological polar surface area (TPSA) is 66.4 Å². The average molecular weight is 311 g/mol. The molecule has 0 atom stereocenters. The van der Waals surface area contributed by atoms with Gasteiger partial charge < -0.3 is 10.4 Å². The minimum Gasteiger partial charge on any atom is -0.478 e. The Balaban J connectivity index is 2.32. The Labute approximate surface area is 123 Å². The Morgan fingerprint density at radius 1 is 1.24 bits per heavy atom. The summed E-state index contributed by atoms with van der Waals surface area (Å²) in [5.74, 6) is -4.52. The van der Waals surface area contributed by atoms with E-state index < -0.39 is 29.1 Å². The Bertz CT molecular complexity index is 712. The lowest BCUT2D eigenvalue weighted by Gasteiger charge is -2.08. The van der Waals surface area contributed by atoms with E-state index in [0.29, 0.717) is 17.0 Å². The van der Waals surface area contributed by atoms with E-state index in [4.69, 9.17) is 5.11 Å². The predicted molar refractivity (Wildman–Crippen MR) is 75.0 cm³/mol. The molecule has 2 N–H and O–H groups in total. The van der Waals surface area contributed by atoms with E-state index in [9.17, 15) is 18.4 Å². The molecule has 4 nitrogen and oxygen atoms in total. The zero-order valence-corrected chi connectivity index (χ0v) is 11.8. The zero-order chi connectivity index (χ0) is 15.6. The van der Waals surface area contributed by atoms with Crippen molar-refractivity contribution in [2.75, 3.05) is 5.32 Å². The molecule has 0 aliphatic rings. The van der Waals surface area contributed by atoms with Crippen LogP contribution in [0.15, 0.2) is 24.3 Å². The second-order valence-corrected chi connectivity index (χ2v) is 5.36. The molecule has 1 aromatic carbocycles. The molecule has 1 heterocycles. The number of nitrogens with one attached hydrogen (secondary N) is 1. The van der Waals surface area contributed by atoms with Crippen molar-refractivity contribution in [3.8, 4) is 0 Å². The van der Waals surface area contributed by atoms with Crippen molar-refractivity contribution in [1.29, 1.82) is 0 Å². The van der Waals surface area contributed by atoms with Crippen molar-refractivity contribution in [3.05, 3.63) is 51.2 Å². The summed E-state index contributed by atoms with van der Waals surface area (Å²) in [4.78, 5) is 24.4. The van der Waals surface area contributed by atoms with Crippen LogP contribution in [0.2, 0.25) is 0 Å². The van der Waals surface area contributed by atoms with Gasteiger partial charge in [-0.2, -0.15) is 0 Å². The maximum Gasteiger partial charge on any atom is 0.337 e. The first-order chi connectivity index (χ1) is 9.92. The van der Waals surface area contributed by atoms with Crippen molar-refractivity contribution in [2.24, 2.45) is 0 Å². The fourth-order valence-corrected chi connectivity index (χ4v) is 2.54. The first-order valence-corrected chi connectivity index (χ1v) is 6.86. The number of aryl methyl sites for hydroxylation is 1. The van der Waals surface area contributed by atoms with Gasteiger partial charge in [0.2, 0.25) is 0 Å². The van der Waals surface area contributed by atoms with Crippen LogP contribution in [-0.4, -0.2) is 17.0 Å². The van der Waals surface area contributed by atoms with Gasteiger partial charge in [-0.05, 0) is 24.6 Å². The summed E-state index contributed by atoms with van der Waals surface area (Å²) in [5, 5.41) is 11.3. The molecule has 7 heteroatoms. The maximum atomic E-state index is 13.2. The van der Waals surface area contributed by atoms with Crippen LogP contribution >= 0.6 is 11.3 Å². The van der Waals surface area contributed by atoms with Crippen molar-refractivity contribution in [1.82, 2.24) is 0 Å². The lowest BCUT2D eigenvalue weighted by atomic mass is 10.1. The predicted octanol–water partition coefficient (Wildman–Crippen LogP) is 3.54. The van der Waals surface area contributed by atoms with E-state index in [-0.39, 0.29) is 5.69 Å². The summed E-state index contributed by atoms with van der Waals surface area (Å²) >= 11 is 1.25. The van der Waals surface area contributed by atoms with E-state index in [1.807, 2.05) is 6.92 Å². The van der Waals surface area contributed by atoms with Crippen molar-refractivity contribution in [2.45, 2.75) is 13.3 Å². The molecule has 21 heavy (non-hydrogen) atoms. The summed E-state index contributed by atoms with van der Waals surface area (Å²) in [6.07, 6.45) is 0.767. The van der Waals surface area contributed by atoms with Gasteiger partial charge in [-0.1, -0.05) is 6.92 Å². The molecule has 0 aliphatic heterocycles. The fourth-order valence-electron chi connectivity index (χ4n) is 1.70. The van der Waals surface area contributed by atoms with Crippen LogP contribution in [0, 0.1) is 11.6 Å². The van der Waals surface area contributed by atoms with Gasteiger partial charge in [0.25, 0.3) is 5.91 Å². The summed E-state index contributed by atoms with van der Waals surface area (Å²) in [6, 6.07) is 4.58. The van der Waals surface area contributed by atoms with E-state index >= 15 is 0 Å². The second-order valence-electron chi connectivity index (χ2n) is 4.19. The van der Waals surface area contributed by atoms with Crippen LogP contribution in [0.25, 0.3) is 0 Å². The van der Waals surface area contributed by atoms with Crippen molar-refractivity contribution >= 4 is 28.9 Å². The van der Waals surface area contributed by atoms with Crippen LogP contribution in [0.4, 0.5) is 14.5 Å². The van der Waals surface area contributed by atoms with Crippen molar-refractivity contribution in [3.63, 3.8) is 0 Å². The summed E-state index contributed by atoms with van der Waals surface area (Å²) in [5.41, 5.74) is -0.785. The van der Waals surface area contributed by atoms with Crippen LogP contribution < -0.4 is 5.32 Å². The highest BCUT2D eigenvalue weighted by Gasteiger charge is 2.18. The van der Waals surface area contributed by atoms with Gasteiger partial charge in [-0.25, -0.2) is 13.6 Å². The zero-order valence-electron chi connectivity index (χ0n) is 10.9. The molecule has 0 bridgehead atoms. The first kappa shape index (κ1) is 15.1. The smallest absolute Gasteiger partial charge is 0.337 e. The number of carboxylic acids is 1. The number of hydrogen-bond donors (Lipinski definition) is 2. The molecule has 0 saturated carbocycles. The van der Waals surface area contributed by atoms with Gasteiger partial charge in [-0.15, -0.1) is 11.3 Å². The Hall–Kier alpha value is -2.28. The molecule has 1 amide bonds. The SMILES string of the molecule is CCc1ccc(C(=O)Nc2cc(F)c(F)cc2C(=O)O)s1. The molecule has 0 unspecified atom stereocenters. The lowest BCUT2D eigenvalue weighted by Crippen LogP contribution is -2.14. The van der Waals surface area contributed by atoms with Crippen LogP contribution in [0.1, 0.15) is 31.8 Å². The minimum absolute atomic E-state index is 0.280. The van der Waals surface area contributed by atoms with Crippen molar-refractivity contribution < 1.29 is 23.5 Å². The van der Waals surface area contributed by atoms with Crippen LogP contribution in [-0.2, 0) is 6.42 Å². The summed E-state index contributed by atoms with van der Waals surface area (Å²) in [7, 11) is 0. The van der Waals surface area contributed by atoms with Gasteiger partial charge in [0, 0.05) is 10.9 Å². The van der Waals surface area contributed by atoms with E-state index in [1.165, 1.54) is 11.3 Å². The molecular weight excluding hydrogens is 300 g/mol. The van der Waals surface area contributed by atoms with E-state index in [1.54, 1.807) is 12.1 Å². The van der Waals surface area contributed by atoms with Crippen LogP contribution in [0.5, 0.6) is 0 Å². The highest BCUT2D eigenvalue weighted by molar-refractivity contribution is 7.14. The van der Waals surface area contributed by atoms with Gasteiger partial charge in [0.05, 0.1) is 16.1 Å². The number of anilines is 1. The number of hydrogen-bond acceptors (Lipinski definition) is 3. The first-order valence-electron chi connectivity index (χ1n) is 6.04. The Morgan fingerprint density at radius 2 is 1.90 bits per heavy atom. The van der Waals surface area contributed by atoms with E-state index in [2.05, 4.69) is 5.32 Å². The molecule has 110 valence electrons. The van der Waals surface area contributed by atoms with Gasteiger partial charge >= 0.3 is 5.97 Å². The number of thiophene rings is 1. The lowest BCUT2D eigenvalue weighted by molar-refractivity contribution is 0.0697. The third-order valence-corrected chi connectivity index (χ3v) is 4.00. The van der Waals surface area contributed by atoms with Gasteiger partial charge in [0.1, 0.15) is 0 Å². The molecule has 2 rings (SSSR count). The molecular formula is C14H11F2NO3S. The quantitative estimate of drug-likeness (QED) is 0.907.